The second-order valence-electron chi connectivity index (χ2n) is 10.2. The molecule has 0 bridgehead atoms. The molecule has 0 aromatic heterocycles. The van der Waals surface area contributed by atoms with E-state index >= 15 is 0 Å². The fourth-order valence-corrected chi connectivity index (χ4v) is 6.65. The van der Waals surface area contributed by atoms with E-state index in [1.165, 1.54) is 30.0 Å². The number of ether oxygens (including phenoxy) is 3. The molecule has 2 aromatic rings. The SMILES string of the molecule is COc1ccc(S(=O)(=O)N(CCO)CCO[C@@H]2C[C@H](c3ccc(Cl)cc3)C=C(C(=O)N3CCCCCCC3)O2)cc1. The van der Waals surface area contributed by atoms with Crippen molar-refractivity contribution in [1.29, 1.82) is 0 Å². The van der Waals surface area contributed by atoms with Gasteiger partial charge in [0.15, 0.2) is 5.76 Å². The van der Waals surface area contributed by atoms with Gasteiger partial charge in [-0.2, -0.15) is 4.31 Å². The predicted molar refractivity (Wildman–Crippen MR) is 156 cm³/mol. The molecular weight excluding hydrogens is 568 g/mol. The summed E-state index contributed by atoms with van der Waals surface area (Å²) in [6.45, 7) is 0.963. The second-order valence-corrected chi connectivity index (χ2v) is 12.6. The first-order chi connectivity index (χ1) is 19.8. The maximum absolute atomic E-state index is 13.5. The molecule has 0 unspecified atom stereocenters. The third-order valence-electron chi connectivity index (χ3n) is 7.40. The van der Waals surface area contributed by atoms with Crippen LogP contribution in [0.25, 0.3) is 0 Å². The molecular formula is C30H39ClN2O7S. The number of amides is 1. The Morgan fingerprint density at radius 2 is 1.68 bits per heavy atom. The van der Waals surface area contributed by atoms with Crippen molar-refractivity contribution < 1.29 is 32.5 Å². The van der Waals surface area contributed by atoms with Crippen molar-refractivity contribution in [3.63, 3.8) is 0 Å². The van der Waals surface area contributed by atoms with E-state index < -0.39 is 16.3 Å². The van der Waals surface area contributed by atoms with E-state index in [1.807, 2.05) is 35.2 Å². The molecule has 41 heavy (non-hydrogen) atoms. The molecule has 9 nitrogen and oxygen atoms in total. The van der Waals surface area contributed by atoms with Crippen molar-refractivity contribution in [3.8, 4) is 5.75 Å². The molecule has 2 aliphatic heterocycles. The van der Waals surface area contributed by atoms with Crippen LogP contribution in [0.5, 0.6) is 5.75 Å². The van der Waals surface area contributed by atoms with Gasteiger partial charge in [0, 0.05) is 43.5 Å². The molecule has 4 rings (SSSR count). The van der Waals surface area contributed by atoms with Gasteiger partial charge in [0.25, 0.3) is 5.91 Å². The molecule has 1 amide bonds. The van der Waals surface area contributed by atoms with Crippen LogP contribution in [0.1, 0.15) is 50.0 Å². The van der Waals surface area contributed by atoms with Crippen LogP contribution in [0.4, 0.5) is 0 Å². The van der Waals surface area contributed by atoms with E-state index in [0.717, 1.165) is 31.2 Å². The molecule has 224 valence electrons. The summed E-state index contributed by atoms with van der Waals surface area (Å²) in [5, 5.41) is 10.2. The fourth-order valence-electron chi connectivity index (χ4n) is 5.11. The number of carbonyl (C=O) groups excluding carboxylic acids is 1. The Bertz CT molecular complexity index is 1260. The minimum Gasteiger partial charge on any atom is -0.497 e. The quantitative estimate of drug-likeness (QED) is 0.400. The van der Waals surface area contributed by atoms with E-state index in [2.05, 4.69) is 0 Å². The third kappa shape index (κ3) is 8.45. The molecule has 2 heterocycles. The van der Waals surface area contributed by atoms with E-state index in [1.54, 1.807) is 12.1 Å². The van der Waals surface area contributed by atoms with Crippen LogP contribution in [0.3, 0.4) is 0 Å². The number of sulfonamides is 1. The Morgan fingerprint density at radius 1 is 1.02 bits per heavy atom. The summed E-state index contributed by atoms with van der Waals surface area (Å²) in [5.41, 5.74) is 0.980. The van der Waals surface area contributed by atoms with Crippen LogP contribution in [0.2, 0.25) is 5.02 Å². The number of hydrogen-bond donors (Lipinski definition) is 1. The van der Waals surface area contributed by atoms with Gasteiger partial charge in [-0.05, 0) is 60.9 Å². The molecule has 2 aliphatic rings. The second kappa shape index (κ2) is 15.0. The standard InChI is InChI=1S/C30H39ClN2O7S/c1-38-26-11-13-27(14-12-26)41(36,37)33(17-19-34)18-20-39-29-22-24(23-7-9-25(31)10-8-23)21-28(40-29)30(35)32-15-5-3-2-4-6-16-32/h7-14,21,24,29,34H,2-6,15-20,22H2,1H3/t24-,29+/m1/s1. The highest BCUT2D eigenvalue weighted by molar-refractivity contribution is 7.89. The van der Waals surface area contributed by atoms with Gasteiger partial charge < -0.3 is 24.2 Å². The molecule has 1 fully saturated rings. The zero-order chi connectivity index (χ0) is 29.2. The highest BCUT2D eigenvalue weighted by atomic mass is 35.5. The average Bonchev–Trinajstić information content (AvgIpc) is 2.96. The Balaban J connectivity index is 1.47. The number of nitrogens with zero attached hydrogens (tertiary/aromatic N) is 2. The third-order valence-corrected chi connectivity index (χ3v) is 9.57. The first kappa shape index (κ1) is 31.3. The zero-order valence-corrected chi connectivity index (χ0v) is 25.0. The van der Waals surface area contributed by atoms with Crippen LogP contribution >= 0.6 is 11.6 Å². The normalized spacial score (nSPS) is 20.1. The van der Waals surface area contributed by atoms with Crippen molar-refractivity contribution in [3.05, 3.63) is 71.0 Å². The number of rotatable bonds is 11. The molecule has 0 radical (unpaired) electrons. The topological polar surface area (TPSA) is 106 Å². The number of hydrogen-bond acceptors (Lipinski definition) is 7. The molecule has 0 saturated carbocycles. The summed E-state index contributed by atoms with van der Waals surface area (Å²) in [7, 11) is -2.37. The Labute approximate surface area is 247 Å². The molecule has 2 atom stereocenters. The number of benzene rings is 2. The van der Waals surface area contributed by atoms with Gasteiger partial charge in [0.2, 0.25) is 16.3 Å². The van der Waals surface area contributed by atoms with Crippen LogP contribution in [0, 0.1) is 0 Å². The van der Waals surface area contributed by atoms with E-state index in [9.17, 15) is 18.3 Å². The Kier molecular flexibility index (Phi) is 11.5. The van der Waals surface area contributed by atoms with Crippen LogP contribution in [0.15, 0.2) is 65.3 Å². The summed E-state index contributed by atoms with van der Waals surface area (Å²) >= 11 is 6.11. The van der Waals surface area contributed by atoms with E-state index in [-0.39, 0.29) is 48.8 Å². The monoisotopic (exact) mass is 606 g/mol. The first-order valence-electron chi connectivity index (χ1n) is 14.1. The summed E-state index contributed by atoms with van der Waals surface area (Å²) in [4.78, 5) is 15.5. The number of allylic oxidation sites excluding steroid dienone is 1. The smallest absolute Gasteiger partial charge is 0.288 e. The van der Waals surface area contributed by atoms with Crippen molar-refractivity contribution in [2.45, 2.75) is 55.6 Å². The maximum atomic E-state index is 13.5. The van der Waals surface area contributed by atoms with Crippen molar-refractivity contribution in [2.24, 2.45) is 0 Å². The van der Waals surface area contributed by atoms with E-state index in [4.69, 9.17) is 25.8 Å². The van der Waals surface area contributed by atoms with Crippen LogP contribution in [-0.2, 0) is 24.3 Å². The van der Waals surface area contributed by atoms with Gasteiger partial charge >= 0.3 is 0 Å². The number of likely N-dealkylation sites (tertiary alicyclic amines) is 1. The van der Waals surface area contributed by atoms with Gasteiger partial charge in [-0.25, -0.2) is 8.42 Å². The minimum absolute atomic E-state index is 0.000483. The predicted octanol–water partition coefficient (Wildman–Crippen LogP) is 4.56. The van der Waals surface area contributed by atoms with E-state index in [0.29, 0.717) is 30.3 Å². The van der Waals surface area contributed by atoms with Crippen molar-refractivity contribution >= 4 is 27.5 Å². The molecule has 2 aromatic carbocycles. The van der Waals surface area contributed by atoms with Crippen molar-refractivity contribution in [1.82, 2.24) is 9.21 Å². The van der Waals surface area contributed by atoms with Crippen molar-refractivity contribution in [2.75, 3.05) is 46.5 Å². The Hall–Kier alpha value is -2.63. The molecule has 11 heteroatoms. The minimum atomic E-state index is -3.88. The van der Waals surface area contributed by atoms with Gasteiger partial charge in [-0.3, -0.25) is 4.79 Å². The lowest BCUT2D eigenvalue weighted by Gasteiger charge is -2.32. The average molecular weight is 607 g/mol. The highest BCUT2D eigenvalue weighted by Gasteiger charge is 2.32. The lowest BCUT2D eigenvalue weighted by Crippen LogP contribution is -2.39. The zero-order valence-electron chi connectivity index (χ0n) is 23.4. The highest BCUT2D eigenvalue weighted by Crippen LogP contribution is 2.33. The summed E-state index contributed by atoms with van der Waals surface area (Å²) in [6.07, 6.45) is 6.87. The number of halogens is 1. The maximum Gasteiger partial charge on any atom is 0.288 e. The largest absolute Gasteiger partial charge is 0.497 e. The van der Waals surface area contributed by atoms with Gasteiger partial charge in [0.1, 0.15) is 5.75 Å². The number of methoxy groups -OCH3 is 1. The van der Waals surface area contributed by atoms with Gasteiger partial charge in [-0.1, -0.05) is 43.0 Å². The lowest BCUT2D eigenvalue weighted by atomic mass is 9.93. The van der Waals surface area contributed by atoms with Gasteiger partial charge in [0.05, 0.1) is 25.2 Å². The fraction of sp³-hybridized carbons (Fsp3) is 0.500. The molecule has 1 saturated heterocycles. The van der Waals surface area contributed by atoms with Crippen LogP contribution in [-0.4, -0.2) is 81.4 Å². The van der Waals surface area contributed by atoms with Gasteiger partial charge in [-0.15, -0.1) is 0 Å². The molecule has 0 spiro atoms. The number of aliphatic hydroxyl groups excluding tert-OH is 1. The molecule has 0 aliphatic carbocycles. The Morgan fingerprint density at radius 3 is 2.32 bits per heavy atom. The number of carbonyl (C=O) groups is 1. The lowest BCUT2D eigenvalue weighted by molar-refractivity contribution is -0.153. The summed E-state index contributed by atoms with van der Waals surface area (Å²) in [5.74, 6) is 0.499. The molecule has 1 N–H and O–H groups in total. The summed E-state index contributed by atoms with van der Waals surface area (Å²) in [6, 6.07) is 13.6. The number of aliphatic hydroxyl groups is 1. The van der Waals surface area contributed by atoms with Crippen LogP contribution < -0.4 is 4.74 Å². The first-order valence-corrected chi connectivity index (χ1v) is 15.9. The summed E-state index contributed by atoms with van der Waals surface area (Å²) < 4.78 is 44.9.